The Bertz CT molecular complexity index is 746. The van der Waals surface area contributed by atoms with Gasteiger partial charge < -0.3 is 19.9 Å². The molecule has 1 aromatic carbocycles. The molecule has 0 spiro atoms. The third kappa shape index (κ3) is 3.88. The van der Waals surface area contributed by atoms with Gasteiger partial charge in [0.05, 0.1) is 7.11 Å². The number of carbonyl (C=O) groups excluding carboxylic acids is 1. The Morgan fingerprint density at radius 2 is 2.00 bits per heavy atom. The maximum absolute atomic E-state index is 12.2. The predicted octanol–water partition coefficient (Wildman–Crippen LogP) is 2.08. The number of benzene rings is 1. The van der Waals surface area contributed by atoms with Gasteiger partial charge in [0.2, 0.25) is 17.6 Å². The van der Waals surface area contributed by atoms with Crippen molar-refractivity contribution in [1.82, 2.24) is 20.8 Å². The van der Waals surface area contributed by atoms with E-state index in [1.54, 1.807) is 7.11 Å². The molecule has 2 fully saturated rings. The molecule has 2 N–H and O–H groups in total. The molecule has 138 valence electrons. The van der Waals surface area contributed by atoms with Crippen LogP contribution in [0.25, 0.3) is 11.4 Å². The van der Waals surface area contributed by atoms with Crippen LogP contribution in [0.5, 0.6) is 5.75 Å². The zero-order valence-electron chi connectivity index (χ0n) is 14.9. The summed E-state index contributed by atoms with van der Waals surface area (Å²) in [7, 11) is 1.63. The molecule has 1 aromatic heterocycles. The molecular formula is C19H24N4O3. The van der Waals surface area contributed by atoms with Gasteiger partial charge >= 0.3 is 0 Å². The van der Waals surface area contributed by atoms with Crippen LogP contribution in [-0.2, 0) is 11.2 Å². The van der Waals surface area contributed by atoms with Crippen LogP contribution in [-0.4, -0.2) is 41.3 Å². The predicted molar refractivity (Wildman–Crippen MR) is 95.7 cm³/mol. The van der Waals surface area contributed by atoms with Crippen molar-refractivity contribution < 1.29 is 14.1 Å². The number of aromatic nitrogens is 2. The Morgan fingerprint density at radius 1 is 1.27 bits per heavy atom. The van der Waals surface area contributed by atoms with Crippen molar-refractivity contribution in [2.45, 2.75) is 56.7 Å². The monoisotopic (exact) mass is 356 g/mol. The lowest BCUT2D eigenvalue weighted by Gasteiger charge is -2.29. The number of ether oxygens (including phenoxy) is 1. The van der Waals surface area contributed by atoms with Crippen LogP contribution in [0.1, 0.15) is 38.0 Å². The fourth-order valence-corrected chi connectivity index (χ4v) is 3.91. The Balaban J connectivity index is 1.28. The third-order valence-corrected chi connectivity index (χ3v) is 5.22. The summed E-state index contributed by atoms with van der Waals surface area (Å²) >= 11 is 0. The summed E-state index contributed by atoms with van der Waals surface area (Å²) in [5.41, 5.74) is 0.857. The van der Waals surface area contributed by atoms with E-state index < -0.39 is 0 Å². The number of nitrogens with one attached hydrogen (secondary N) is 2. The van der Waals surface area contributed by atoms with Gasteiger partial charge in [-0.25, -0.2) is 0 Å². The van der Waals surface area contributed by atoms with Crippen LogP contribution in [0, 0.1) is 0 Å². The van der Waals surface area contributed by atoms with E-state index in [-0.39, 0.29) is 5.91 Å². The Kier molecular flexibility index (Phi) is 4.88. The summed E-state index contributed by atoms with van der Waals surface area (Å²) < 4.78 is 10.4. The molecule has 2 aliphatic rings. The van der Waals surface area contributed by atoms with Crippen LogP contribution in [0.2, 0.25) is 0 Å². The quantitative estimate of drug-likeness (QED) is 0.824. The van der Waals surface area contributed by atoms with Crippen molar-refractivity contribution in [3.05, 3.63) is 30.2 Å². The molecule has 0 saturated carbocycles. The molecule has 0 aliphatic carbocycles. The van der Waals surface area contributed by atoms with Crippen LogP contribution in [0.15, 0.2) is 28.8 Å². The molecule has 7 heteroatoms. The summed E-state index contributed by atoms with van der Waals surface area (Å²) in [6.45, 7) is 0. The van der Waals surface area contributed by atoms with Crippen LogP contribution in [0.3, 0.4) is 0 Å². The van der Waals surface area contributed by atoms with Crippen molar-refractivity contribution in [2.75, 3.05) is 7.11 Å². The largest absolute Gasteiger partial charge is 0.497 e. The molecule has 3 heterocycles. The minimum Gasteiger partial charge on any atom is -0.497 e. The second-order valence-electron chi connectivity index (χ2n) is 7.11. The highest BCUT2D eigenvalue weighted by atomic mass is 16.5. The number of methoxy groups -OCH3 is 1. The van der Waals surface area contributed by atoms with Gasteiger partial charge in [-0.1, -0.05) is 5.16 Å². The van der Waals surface area contributed by atoms with Gasteiger partial charge in [-0.15, -0.1) is 0 Å². The van der Waals surface area contributed by atoms with Crippen LogP contribution in [0.4, 0.5) is 0 Å². The van der Waals surface area contributed by atoms with E-state index >= 15 is 0 Å². The number of fused-ring (bicyclic) bond motifs is 2. The lowest BCUT2D eigenvalue weighted by atomic mass is 9.99. The minimum atomic E-state index is 0.0560. The summed E-state index contributed by atoms with van der Waals surface area (Å²) in [5.74, 6) is 1.84. The lowest BCUT2D eigenvalue weighted by molar-refractivity contribution is -0.122. The summed E-state index contributed by atoms with van der Waals surface area (Å²) in [4.78, 5) is 16.6. The second kappa shape index (κ2) is 7.45. The number of piperidine rings is 1. The number of amides is 1. The molecule has 2 bridgehead atoms. The van der Waals surface area contributed by atoms with Crippen LogP contribution < -0.4 is 15.4 Å². The van der Waals surface area contributed by atoms with E-state index in [1.165, 1.54) is 12.8 Å². The average Bonchev–Trinajstić information content (AvgIpc) is 3.26. The topological polar surface area (TPSA) is 89.3 Å². The first-order chi connectivity index (χ1) is 12.7. The van der Waals surface area contributed by atoms with Crippen LogP contribution >= 0.6 is 0 Å². The summed E-state index contributed by atoms with van der Waals surface area (Å²) in [6, 6.07) is 8.90. The fraction of sp³-hybridized carbons (Fsp3) is 0.526. The van der Waals surface area contributed by atoms with E-state index in [9.17, 15) is 4.79 Å². The smallest absolute Gasteiger partial charge is 0.227 e. The number of carbonyl (C=O) groups is 1. The number of hydrogen-bond donors (Lipinski definition) is 2. The number of rotatable bonds is 6. The number of hydrogen-bond acceptors (Lipinski definition) is 6. The molecule has 2 aliphatic heterocycles. The van der Waals surface area contributed by atoms with E-state index in [2.05, 4.69) is 20.8 Å². The molecule has 2 aromatic rings. The second-order valence-corrected chi connectivity index (χ2v) is 7.11. The molecule has 7 nitrogen and oxygen atoms in total. The maximum atomic E-state index is 12.2. The highest BCUT2D eigenvalue weighted by molar-refractivity contribution is 5.76. The standard InChI is InChI=1S/C19H24N4O3/c1-25-16-6-2-12(3-7-16)19-22-18(26-23-19)9-8-17(24)21-15-10-13-4-5-14(11-15)20-13/h2-3,6-7,13-15,20H,4-5,8-11H2,1H3,(H,21,24). The van der Waals surface area contributed by atoms with Gasteiger partial charge in [0.15, 0.2) is 0 Å². The van der Waals surface area contributed by atoms with Gasteiger partial charge in [-0.05, 0) is 49.9 Å². The Hall–Kier alpha value is -2.41. The Morgan fingerprint density at radius 3 is 2.69 bits per heavy atom. The lowest BCUT2D eigenvalue weighted by Crippen LogP contribution is -2.48. The summed E-state index contributed by atoms with van der Waals surface area (Å²) in [6.07, 6.45) is 5.34. The highest BCUT2D eigenvalue weighted by Gasteiger charge is 2.33. The minimum absolute atomic E-state index is 0.0560. The molecule has 2 saturated heterocycles. The van der Waals surface area contributed by atoms with Crippen molar-refractivity contribution in [2.24, 2.45) is 0 Å². The summed E-state index contributed by atoms with van der Waals surface area (Å²) in [5, 5.41) is 10.7. The first kappa shape index (κ1) is 17.0. The molecule has 26 heavy (non-hydrogen) atoms. The van der Waals surface area contributed by atoms with E-state index in [0.717, 1.165) is 24.2 Å². The molecule has 1 amide bonds. The van der Waals surface area contributed by atoms with Gasteiger partial charge in [0, 0.05) is 36.5 Å². The maximum Gasteiger partial charge on any atom is 0.227 e. The van der Waals surface area contributed by atoms with Gasteiger partial charge in [-0.2, -0.15) is 4.98 Å². The molecular weight excluding hydrogens is 332 g/mol. The zero-order chi connectivity index (χ0) is 17.9. The fourth-order valence-electron chi connectivity index (χ4n) is 3.91. The number of aryl methyl sites for hydroxylation is 1. The average molecular weight is 356 g/mol. The van der Waals surface area contributed by atoms with E-state index in [1.807, 2.05) is 24.3 Å². The van der Waals surface area contributed by atoms with Crippen molar-refractivity contribution in [1.29, 1.82) is 0 Å². The van der Waals surface area contributed by atoms with E-state index in [0.29, 0.717) is 42.7 Å². The molecule has 2 atom stereocenters. The van der Waals surface area contributed by atoms with Crippen molar-refractivity contribution in [3.63, 3.8) is 0 Å². The Labute approximate surface area is 152 Å². The number of nitrogens with zero attached hydrogens (tertiary/aromatic N) is 2. The highest BCUT2D eigenvalue weighted by Crippen LogP contribution is 2.26. The van der Waals surface area contributed by atoms with Gasteiger partial charge in [0.1, 0.15) is 5.75 Å². The normalized spacial score (nSPS) is 24.4. The third-order valence-electron chi connectivity index (χ3n) is 5.22. The zero-order valence-corrected chi connectivity index (χ0v) is 14.9. The molecule has 0 radical (unpaired) electrons. The van der Waals surface area contributed by atoms with Gasteiger partial charge in [0.25, 0.3) is 0 Å². The van der Waals surface area contributed by atoms with Crippen molar-refractivity contribution >= 4 is 5.91 Å². The van der Waals surface area contributed by atoms with Gasteiger partial charge in [-0.3, -0.25) is 4.79 Å². The first-order valence-electron chi connectivity index (χ1n) is 9.22. The SMILES string of the molecule is COc1ccc(-c2noc(CCC(=O)NC3CC4CCC(C3)N4)n2)cc1. The first-order valence-corrected chi connectivity index (χ1v) is 9.22. The molecule has 2 unspecified atom stereocenters. The van der Waals surface area contributed by atoms with E-state index in [4.69, 9.17) is 9.26 Å². The van der Waals surface area contributed by atoms with Crippen molar-refractivity contribution in [3.8, 4) is 17.1 Å². The molecule has 4 rings (SSSR count).